The lowest BCUT2D eigenvalue weighted by atomic mass is 9.92. The van der Waals surface area contributed by atoms with Crippen molar-refractivity contribution in [3.63, 3.8) is 0 Å². The van der Waals surface area contributed by atoms with Crippen LogP contribution in [0.2, 0.25) is 0 Å². The first-order valence-electron chi connectivity index (χ1n) is 5.87. The maximum absolute atomic E-state index is 10.2. The molecule has 2 aromatic rings. The van der Waals surface area contributed by atoms with E-state index in [1.54, 1.807) is 4.68 Å². The molecule has 2 rings (SSSR count). The zero-order valence-electron chi connectivity index (χ0n) is 10.2. The molecule has 17 heavy (non-hydrogen) atoms. The van der Waals surface area contributed by atoms with Crippen LogP contribution in [0.1, 0.15) is 24.2 Å². The molecule has 3 nitrogen and oxygen atoms in total. The number of hydrogen-bond acceptors (Lipinski definition) is 2. The van der Waals surface area contributed by atoms with E-state index in [0.717, 1.165) is 17.5 Å². The number of aryl methyl sites for hydroxylation is 1. The van der Waals surface area contributed by atoms with Crippen molar-refractivity contribution in [1.82, 2.24) is 9.78 Å². The molecule has 0 radical (unpaired) electrons. The minimum Gasteiger partial charge on any atom is -0.388 e. The highest BCUT2D eigenvalue weighted by atomic mass is 16.3. The zero-order valence-corrected chi connectivity index (χ0v) is 10.2. The second-order valence-corrected chi connectivity index (χ2v) is 4.56. The lowest BCUT2D eigenvalue weighted by molar-refractivity contribution is 0.117. The van der Waals surface area contributed by atoms with Gasteiger partial charge in [-0.25, -0.2) is 0 Å². The van der Waals surface area contributed by atoms with E-state index >= 15 is 0 Å². The zero-order chi connectivity index (χ0) is 12.3. The smallest absolute Gasteiger partial charge is 0.0818 e. The molecule has 0 bridgehead atoms. The molecule has 90 valence electrons. The first kappa shape index (κ1) is 11.9. The Kier molecular flexibility index (Phi) is 3.59. The van der Waals surface area contributed by atoms with Gasteiger partial charge in [-0.2, -0.15) is 5.10 Å². The summed E-state index contributed by atoms with van der Waals surface area (Å²) in [6.45, 7) is 2.06. The summed E-state index contributed by atoms with van der Waals surface area (Å²) in [5, 5.41) is 14.4. The third kappa shape index (κ3) is 2.94. The summed E-state index contributed by atoms with van der Waals surface area (Å²) in [6, 6.07) is 9.79. The number of aliphatic hydroxyl groups excluding tert-OH is 1. The van der Waals surface area contributed by atoms with Gasteiger partial charge in [-0.1, -0.05) is 37.3 Å². The van der Waals surface area contributed by atoms with Crippen LogP contribution in [0.25, 0.3) is 0 Å². The Labute approximate surface area is 102 Å². The molecule has 0 fully saturated rings. The van der Waals surface area contributed by atoms with Crippen molar-refractivity contribution in [2.24, 2.45) is 13.0 Å². The molecule has 1 aromatic heterocycles. The van der Waals surface area contributed by atoms with Crippen molar-refractivity contribution in [2.45, 2.75) is 19.4 Å². The van der Waals surface area contributed by atoms with Crippen molar-refractivity contribution < 1.29 is 5.11 Å². The highest BCUT2D eigenvalue weighted by Crippen LogP contribution is 2.24. The van der Waals surface area contributed by atoms with E-state index in [9.17, 15) is 5.11 Å². The van der Waals surface area contributed by atoms with Gasteiger partial charge in [0.1, 0.15) is 0 Å². The summed E-state index contributed by atoms with van der Waals surface area (Å²) in [5.74, 6) is 0.182. The summed E-state index contributed by atoms with van der Waals surface area (Å²) < 4.78 is 1.79. The molecule has 1 N–H and O–H groups in total. The summed E-state index contributed by atoms with van der Waals surface area (Å²) in [5.41, 5.74) is 2.14. The predicted octanol–water partition coefficient (Wildman–Crippen LogP) is 2.33. The topological polar surface area (TPSA) is 38.0 Å². The van der Waals surface area contributed by atoms with E-state index in [0.29, 0.717) is 0 Å². The van der Waals surface area contributed by atoms with Crippen molar-refractivity contribution in [3.05, 3.63) is 53.9 Å². The van der Waals surface area contributed by atoms with Crippen LogP contribution in [0.3, 0.4) is 0 Å². The summed E-state index contributed by atoms with van der Waals surface area (Å²) in [7, 11) is 1.90. The number of benzene rings is 1. The molecule has 0 spiro atoms. The van der Waals surface area contributed by atoms with Crippen LogP contribution in [0.4, 0.5) is 0 Å². The fraction of sp³-hybridized carbons (Fsp3) is 0.357. The van der Waals surface area contributed by atoms with E-state index in [1.165, 1.54) is 0 Å². The van der Waals surface area contributed by atoms with E-state index in [4.69, 9.17) is 0 Å². The minimum absolute atomic E-state index is 0.182. The van der Waals surface area contributed by atoms with Gasteiger partial charge in [-0.05, 0) is 23.5 Å². The van der Waals surface area contributed by atoms with Gasteiger partial charge in [0.05, 0.1) is 12.3 Å². The van der Waals surface area contributed by atoms with E-state index in [-0.39, 0.29) is 5.92 Å². The van der Waals surface area contributed by atoms with Gasteiger partial charge in [0.15, 0.2) is 0 Å². The van der Waals surface area contributed by atoms with Crippen molar-refractivity contribution >= 4 is 0 Å². The highest BCUT2D eigenvalue weighted by molar-refractivity contribution is 5.18. The molecular weight excluding hydrogens is 212 g/mol. The van der Waals surface area contributed by atoms with Gasteiger partial charge in [-0.15, -0.1) is 0 Å². The Morgan fingerprint density at radius 1 is 1.29 bits per heavy atom. The molecule has 0 amide bonds. The van der Waals surface area contributed by atoms with Crippen LogP contribution in [0.15, 0.2) is 42.7 Å². The molecule has 0 saturated heterocycles. The number of nitrogens with zero attached hydrogens (tertiary/aromatic N) is 2. The van der Waals surface area contributed by atoms with Crippen molar-refractivity contribution in [1.29, 1.82) is 0 Å². The lowest BCUT2D eigenvalue weighted by Crippen LogP contribution is -2.11. The molecule has 0 aliphatic heterocycles. The standard InChI is InChI=1S/C14H18N2O/c1-11(8-12-9-15-16(2)10-12)14(17)13-6-4-3-5-7-13/h3-7,9-11,14,17H,8H2,1-2H3. The predicted molar refractivity (Wildman–Crippen MR) is 67.5 cm³/mol. The van der Waals surface area contributed by atoms with Gasteiger partial charge >= 0.3 is 0 Å². The number of rotatable bonds is 4. The summed E-state index contributed by atoms with van der Waals surface area (Å²) in [6.07, 6.45) is 4.27. The number of aliphatic hydroxyl groups is 1. The fourth-order valence-corrected chi connectivity index (χ4v) is 2.04. The Hall–Kier alpha value is -1.61. The van der Waals surface area contributed by atoms with Crippen molar-refractivity contribution in [3.8, 4) is 0 Å². The van der Waals surface area contributed by atoms with Gasteiger partial charge in [0, 0.05) is 13.2 Å². The van der Waals surface area contributed by atoms with Gasteiger partial charge in [-0.3, -0.25) is 4.68 Å². The molecule has 3 heteroatoms. The molecule has 2 unspecified atom stereocenters. The normalized spacial score (nSPS) is 14.5. The van der Waals surface area contributed by atoms with Gasteiger partial charge < -0.3 is 5.11 Å². The largest absolute Gasteiger partial charge is 0.388 e. The average molecular weight is 230 g/mol. The minimum atomic E-state index is -0.420. The molecule has 0 aliphatic rings. The molecule has 1 aromatic carbocycles. The third-order valence-electron chi connectivity index (χ3n) is 3.00. The molecular formula is C14H18N2O. The maximum Gasteiger partial charge on any atom is 0.0818 e. The molecule has 1 heterocycles. The molecule has 0 saturated carbocycles. The van der Waals surface area contributed by atoms with E-state index in [1.807, 2.05) is 49.8 Å². The van der Waals surface area contributed by atoms with Crippen LogP contribution in [0, 0.1) is 5.92 Å². The van der Waals surface area contributed by atoms with Crippen molar-refractivity contribution in [2.75, 3.05) is 0 Å². The fourth-order valence-electron chi connectivity index (χ4n) is 2.04. The quantitative estimate of drug-likeness (QED) is 0.875. The van der Waals surface area contributed by atoms with E-state index < -0.39 is 6.10 Å². The van der Waals surface area contributed by atoms with E-state index in [2.05, 4.69) is 12.0 Å². The maximum atomic E-state index is 10.2. The average Bonchev–Trinajstić information content (AvgIpc) is 2.75. The molecule has 2 atom stereocenters. The Bertz CT molecular complexity index is 464. The molecule has 0 aliphatic carbocycles. The Balaban J connectivity index is 2.03. The second kappa shape index (κ2) is 5.15. The summed E-state index contributed by atoms with van der Waals surface area (Å²) >= 11 is 0. The Morgan fingerprint density at radius 2 is 2.00 bits per heavy atom. The third-order valence-corrected chi connectivity index (χ3v) is 3.00. The van der Waals surface area contributed by atoms with Gasteiger partial charge in [0.25, 0.3) is 0 Å². The van der Waals surface area contributed by atoms with Crippen LogP contribution < -0.4 is 0 Å². The monoisotopic (exact) mass is 230 g/mol. The van der Waals surface area contributed by atoms with Crippen LogP contribution in [-0.4, -0.2) is 14.9 Å². The van der Waals surface area contributed by atoms with Crippen LogP contribution in [-0.2, 0) is 13.5 Å². The SMILES string of the molecule is CC(Cc1cnn(C)c1)C(O)c1ccccc1. The van der Waals surface area contributed by atoms with Crippen LogP contribution >= 0.6 is 0 Å². The van der Waals surface area contributed by atoms with Crippen LogP contribution in [0.5, 0.6) is 0 Å². The number of hydrogen-bond donors (Lipinski definition) is 1. The highest BCUT2D eigenvalue weighted by Gasteiger charge is 2.16. The van der Waals surface area contributed by atoms with Gasteiger partial charge in [0.2, 0.25) is 0 Å². The number of aromatic nitrogens is 2. The lowest BCUT2D eigenvalue weighted by Gasteiger charge is -2.18. The first-order valence-corrected chi connectivity index (χ1v) is 5.87. The first-order chi connectivity index (χ1) is 8.16. The summed E-state index contributed by atoms with van der Waals surface area (Å²) in [4.78, 5) is 0. The Morgan fingerprint density at radius 3 is 2.59 bits per heavy atom. The second-order valence-electron chi connectivity index (χ2n) is 4.56.